The number of nitrogens with zero attached hydrogens (tertiary/aromatic N) is 2. The molecule has 1 aromatic heterocycles. The van der Waals surface area contributed by atoms with Gasteiger partial charge in [0.2, 0.25) is 5.91 Å². The van der Waals surface area contributed by atoms with E-state index in [0.717, 1.165) is 42.0 Å². The van der Waals surface area contributed by atoms with Gasteiger partial charge in [-0.25, -0.2) is 4.98 Å². The highest BCUT2D eigenvalue weighted by Gasteiger charge is 2.32. The molecule has 1 aromatic carbocycles. The minimum Gasteiger partial charge on any atom is -0.366 e. The fourth-order valence-corrected chi connectivity index (χ4v) is 3.14. The van der Waals surface area contributed by atoms with Crippen LogP contribution >= 0.6 is 0 Å². The van der Waals surface area contributed by atoms with E-state index in [4.69, 9.17) is 0 Å². The summed E-state index contributed by atoms with van der Waals surface area (Å²) in [5.41, 5.74) is 4.27. The quantitative estimate of drug-likeness (QED) is 0.830. The standard InChI is InChI=1S/C15H16N4O/c20-15(10-5-6-11-13(7-10)17-8-16-11)19-9-18-12-3-1-2-4-14(12)19/h1-4,8,10,18H,5-7,9H2,(H,16,17). The highest BCUT2D eigenvalue weighted by Crippen LogP contribution is 2.33. The highest BCUT2D eigenvalue weighted by atomic mass is 16.2. The summed E-state index contributed by atoms with van der Waals surface area (Å²) in [4.78, 5) is 22.1. The molecule has 0 fully saturated rings. The lowest BCUT2D eigenvalue weighted by Gasteiger charge is -2.25. The average molecular weight is 268 g/mol. The fourth-order valence-electron chi connectivity index (χ4n) is 3.14. The van der Waals surface area contributed by atoms with Gasteiger partial charge >= 0.3 is 0 Å². The number of carbonyl (C=O) groups excluding carboxylic acids is 1. The molecule has 0 saturated carbocycles. The van der Waals surface area contributed by atoms with Crippen LogP contribution in [-0.2, 0) is 17.6 Å². The number of hydrogen-bond donors (Lipinski definition) is 2. The van der Waals surface area contributed by atoms with Crippen molar-refractivity contribution in [2.75, 3.05) is 16.9 Å². The normalized spacial score (nSPS) is 20.2. The minimum absolute atomic E-state index is 0.0518. The van der Waals surface area contributed by atoms with E-state index in [9.17, 15) is 4.79 Å². The molecule has 1 aliphatic carbocycles. The zero-order valence-electron chi connectivity index (χ0n) is 11.1. The molecule has 1 unspecified atom stereocenters. The first-order valence-corrected chi connectivity index (χ1v) is 6.98. The molecule has 1 amide bonds. The summed E-state index contributed by atoms with van der Waals surface area (Å²) in [6, 6.07) is 7.96. The lowest BCUT2D eigenvalue weighted by molar-refractivity contribution is -0.122. The molecular weight excluding hydrogens is 252 g/mol. The molecule has 0 spiro atoms. The SMILES string of the molecule is O=C(C1CCc2nc[nH]c2C1)N1CNc2ccccc21. The van der Waals surface area contributed by atoms with Gasteiger partial charge < -0.3 is 10.3 Å². The molecule has 20 heavy (non-hydrogen) atoms. The van der Waals surface area contributed by atoms with Crippen LogP contribution in [0.15, 0.2) is 30.6 Å². The number of benzene rings is 1. The summed E-state index contributed by atoms with van der Waals surface area (Å²) in [5, 5.41) is 3.27. The van der Waals surface area contributed by atoms with Gasteiger partial charge in [0.25, 0.3) is 0 Å². The van der Waals surface area contributed by atoms with Crippen molar-refractivity contribution < 1.29 is 4.79 Å². The Hall–Kier alpha value is -2.30. The van der Waals surface area contributed by atoms with E-state index in [1.807, 2.05) is 29.2 Å². The summed E-state index contributed by atoms with van der Waals surface area (Å²) in [6.45, 7) is 0.574. The number of aromatic amines is 1. The molecule has 2 heterocycles. The van der Waals surface area contributed by atoms with Crippen molar-refractivity contribution in [1.82, 2.24) is 9.97 Å². The maximum Gasteiger partial charge on any atom is 0.232 e. The summed E-state index contributed by atoms with van der Waals surface area (Å²) in [7, 11) is 0. The Balaban J connectivity index is 1.58. The van der Waals surface area contributed by atoms with Crippen LogP contribution in [0.2, 0.25) is 0 Å². The second-order valence-electron chi connectivity index (χ2n) is 5.39. The van der Waals surface area contributed by atoms with Crippen molar-refractivity contribution in [2.45, 2.75) is 19.3 Å². The van der Waals surface area contributed by atoms with E-state index < -0.39 is 0 Å². The van der Waals surface area contributed by atoms with Gasteiger partial charge in [-0.05, 0) is 25.0 Å². The first-order valence-electron chi connectivity index (χ1n) is 6.98. The third kappa shape index (κ3) is 1.70. The third-order valence-electron chi connectivity index (χ3n) is 4.23. The van der Waals surface area contributed by atoms with E-state index in [2.05, 4.69) is 15.3 Å². The number of nitrogens with one attached hydrogen (secondary N) is 2. The number of hydrogen-bond acceptors (Lipinski definition) is 3. The van der Waals surface area contributed by atoms with Crippen LogP contribution in [0.1, 0.15) is 17.8 Å². The molecule has 5 heteroatoms. The van der Waals surface area contributed by atoms with Crippen molar-refractivity contribution in [1.29, 1.82) is 0 Å². The summed E-state index contributed by atoms with van der Waals surface area (Å²) >= 11 is 0. The van der Waals surface area contributed by atoms with Crippen LogP contribution in [0.3, 0.4) is 0 Å². The van der Waals surface area contributed by atoms with E-state index in [1.165, 1.54) is 0 Å². The fraction of sp³-hybridized carbons (Fsp3) is 0.333. The van der Waals surface area contributed by atoms with Crippen molar-refractivity contribution in [3.05, 3.63) is 42.0 Å². The number of amides is 1. The van der Waals surface area contributed by atoms with Gasteiger partial charge in [0.1, 0.15) is 0 Å². The van der Waals surface area contributed by atoms with Crippen LogP contribution in [0.4, 0.5) is 11.4 Å². The number of imidazole rings is 1. The monoisotopic (exact) mass is 268 g/mol. The molecule has 1 aliphatic heterocycles. The topological polar surface area (TPSA) is 61.0 Å². The summed E-state index contributed by atoms with van der Waals surface area (Å²) in [6.07, 6.45) is 4.27. The Morgan fingerprint density at radius 2 is 2.25 bits per heavy atom. The zero-order chi connectivity index (χ0) is 13.5. The molecule has 102 valence electrons. The molecule has 5 nitrogen and oxygen atoms in total. The molecule has 1 atom stereocenters. The Morgan fingerprint density at radius 1 is 1.35 bits per heavy atom. The van der Waals surface area contributed by atoms with Crippen LogP contribution in [0.5, 0.6) is 0 Å². The molecule has 4 rings (SSSR count). The second kappa shape index (κ2) is 4.37. The molecule has 2 N–H and O–H groups in total. The third-order valence-corrected chi connectivity index (χ3v) is 4.23. The average Bonchev–Trinajstić information content (AvgIpc) is 3.12. The Labute approximate surface area is 117 Å². The number of aromatic nitrogens is 2. The molecular formula is C15H16N4O. The smallest absolute Gasteiger partial charge is 0.232 e. The van der Waals surface area contributed by atoms with Gasteiger partial charge in [0.05, 0.1) is 30.1 Å². The zero-order valence-corrected chi connectivity index (χ0v) is 11.1. The number of para-hydroxylation sites is 2. The van der Waals surface area contributed by atoms with E-state index in [0.29, 0.717) is 6.67 Å². The van der Waals surface area contributed by atoms with Crippen molar-refractivity contribution in [2.24, 2.45) is 5.92 Å². The molecule has 0 bridgehead atoms. The van der Waals surface area contributed by atoms with Crippen LogP contribution < -0.4 is 10.2 Å². The van der Waals surface area contributed by atoms with Gasteiger partial charge in [-0.2, -0.15) is 0 Å². The molecule has 0 saturated heterocycles. The van der Waals surface area contributed by atoms with Crippen molar-refractivity contribution in [3.63, 3.8) is 0 Å². The Bertz CT molecular complexity index is 663. The van der Waals surface area contributed by atoms with E-state index in [-0.39, 0.29) is 11.8 Å². The van der Waals surface area contributed by atoms with Gasteiger partial charge in [0.15, 0.2) is 0 Å². The largest absolute Gasteiger partial charge is 0.366 e. The summed E-state index contributed by atoms with van der Waals surface area (Å²) in [5.74, 6) is 0.263. The predicted octanol–water partition coefficient (Wildman–Crippen LogP) is 1.93. The number of aryl methyl sites for hydroxylation is 1. The Morgan fingerprint density at radius 3 is 3.20 bits per heavy atom. The van der Waals surface area contributed by atoms with E-state index >= 15 is 0 Å². The predicted molar refractivity (Wildman–Crippen MR) is 76.5 cm³/mol. The number of rotatable bonds is 1. The first kappa shape index (κ1) is 11.5. The Kier molecular flexibility index (Phi) is 2.52. The number of H-pyrrole nitrogens is 1. The number of carbonyl (C=O) groups is 1. The highest BCUT2D eigenvalue weighted by molar-refractivity contribution is 6.00. The maximum absolute atomic E-state index is 12.7. The summed E-state index contributed by atoms with van der Waals surface area (Å²) < 4.78 is 0. The van der Waals surface area contributed by atoms with Crippen molar-refractivity contribution in [3.8, 4) is 0 Å². The van der Waals surface area contributed by atoms with Crippen LogP contribution in [-0.4, -0.2) is 22.5 Å². The van der Waals surface area contributed by atoms with Crippen molar-refractivity contribution >= 4 is 17.3 Å². The molecule has 2 aromatic rings. The van der Waals surface area contributed by atoms with Gasteiger partial charge in [0, 0.05) is 18.0 Å². The van der Waals surface area contributed by atoms with Crippen LogP contribution in [0, 0.1) is 5.92 Å². The van der Waals surface area contributed by atoms with E-state index in [1.54, 1.807) is 6.33 Å². The van der Waals surface area contributed by atoms with Gasteiger partial charge in [-0.3, -0.25) is 9.69 Å². The second-order valence-corrected chi connectivity index (χ2v) is 5.39. The first-order chi connectivity index (χ1) is 9.83. The van der Waals surface area contributed by atoms with Crippen LogP contribution in [0.25, 0.3) is 0 Å². The minimum atomic E-state index is 0.0518. The number of anilines is 2. The molecule has 2 aliphatic rings. The number of fused-ring (bicyclic) bond motifs is 2. The lowest BCUT2D eigenvalue weighted by atomic mass is 9.88. The molecule has 0 radical (unpaired) electrons. The van der Waals surface area contributed by atoms with Gasteiger partial charge in [-0.15, -0.1) is 0 Å². The lowest BCUT2D eigenvalue weighted by Crippen LogP contribution is -2.38. The maximum atomic E-state index is 12.7. The van der Waals surface area contributed by atoms with Gasteiger partial charge in [-0.1, -0.05) is 12.1 Å².